The molecule has 1 heterocycles. The highest BCUT2D eigenvalue weighted by Gasteiger charge is 2.30. The summed E-state index contributed by atoms with van der Waals surface area (Å²) in [6, 6.07) is 16.4. The van der Waals surface area contributed by atoms with E-state index in [4.69, 9.17) is 0 Å². The number of nitrogens with one attached hydrogen (secondary N) is 1. The van der Waals surface area contributed by atoms with Gasteiger partial charge < -0.3 is 5.32 Å². The van der Waals surface area contributed by atoms with Crippen molar-refractivity contribution in [2.24, 2.45) is 11.8 Å². The summed E-state index contributed by atoms with van der Waals surface area (Å²) in [7, 11) is 0. The Morgan fingerprint density at radius 1 is 1.04 bits per heavy atom. The maximum absolute atomic E-state index is 13.0. The Kier molecular flexibility index (Phi) is 5.38. The zero-order valence-electron chi connectivity index (χ0n) is 16.1. The highest BCUT2D eigenvalue weighted by Crippen LogP contribution is 2.40. The molecule has 0 unspecified atom stereocenters. The van der Waals surface area contributed by atoms with Crippen LogP contribution in [-0.4, -0.2) is 10.9 Å². The average molecular weight is 376 g/mol. The number of halogens is 1. The number of fused-ring (bicyclic) bond motifs is 1. The molecule has 3 nitrogen and oxygen atoms in total. The molecular formula is C24H25FN2O. The predicted octanol–water partition coefficient (Wildman–Crippen LogP) is 5.92. The summed E-state index contributed by atoms with van der Waals surface area (Å²) < 4.78 is 13.0. The number of nitrogens with zero attached hydrogens (tertiary/aromatic N) is 1. The molecule has 1 aliphatic rings. The molecule has 1 amide bonds. The molecule has 0 spiro atoms. The van der Waals surface area contributed by atoms with Gasteiger partial charge in [0.15, 0.2) is 0 Å². The summed E-state index contributed by atoms with van der Waals surface area (Å²) in [5, 5.41) is 4.17. The maximum atomic E-state index is 13.0. The SMILES string of the molecule is C[C@@H](C(=O)Nc1ccc(F)cc1)[C@H]1CC[C@@H](c2ccnc3ccccc32)CC1. The van der Waals surface area contributed by atoms with Crippen molar-refractivity contribution >= 4 is 22.5 Å². The lowest BCUT2D eigenvalue weighted by molar-refractivity contribution is -0.121. The summed E-state index contributed by atoms with van der Waals surface area (Å²) in [4.78, 5) is 17.1. The molecule has 28 heavy (non-hydrogen) atoms. The molecule has 1 N–H and O–H groups in total. The van der Waals surface area contributed by atoms with E-state index in [9.17, 15) is 9.18 Å². The standard InChI is InChI=1S/C24H25FN2O/c1-16(24(28)27-20-12-10-19(25)11-13-20)17-6-8-18(9-7-17)21-14-15-26-23-5-3-2-4-22(21)23/h2-5,10-18H,6-9H2,1H3,(H,27,28)/t16-,17-,18+/m1/s1. The number of aromatic nitrogens is 1. The molecule has 0 aliphatic heterocycles. The number of hydrogen-bond acceptors (Lipinski definition) is 2. The van der Waals surface area contributed by atoms with Crippen molar-refractivity contribution in [1.82, 2.24) is 4.98 Å². The second-order valence-corrected chi connectivity index (χ2v) is 7.81. The van der Waals surface area contributed by atoms with Crippen LogP contribution in [0.2, 0.25) is 0 Å². The minimum atomic E-state index is -0.298. The first kappa shape index (κ1) is 18.6. The van der Waals surface area contributed by atoms with Crippen molar-refractivity contribution in [3.8, 4) is 0 Å². The second-order valence-electron chi connectivity index (χ2n) is 7.81. The summed E-state index contributed by atoms with van der Waals surface area (Å²) in [5.74, 6) is 0.568. The molecule has 1 saturated carbocycles. The van der Waals surface area contributed by atoms with Crippen LogP contribution in [0.15, 0.2) is 60.8 Å². The molecule has 4 rings (SSSR count). The Morgan fingerprint density at radius 2 is 1.75 bits per heavy atom. The molecule has 144 valence electrons. The van der Waals surface area contributed by atoms with Gasteiger partial charge in [-0.2, -0.15) is 0 Å². The van der Waals surface area contributed by atoms with Crippen LogP contribution in [-0.2, 0) is 4.79 Å². The molecule has 2 aromatic carbocycles. The van der Waals surface area contributed by atoms with Crippen LogP contribution in [0.4, 0.5) is 10.1 Å². The van der Waals surface area contributed by atoms with E-state index in [1.807, 2.05) is 19.2 Å². The number of anilines is 1. The minimum absolute atomic E-state index is 0.0180. The van der Waals surface area contributed by atoms with Crippen LogP contribution in [0, 0.1) is 17.7 Å². The normalized spacial score (nSPS) is 20.6. The monoisotopic (exact) mass is 376 g/mol. The molecule has 3 aromatic rings. The Hall–Kier alpha value is -2.75. The third kappa shape index (κ3) is 3.91. The summed E-state index contributed by atoms with van der Waals surface area (Å²) in [5.41, 5.74) is 3.08. The van der Waals surface area contributed by atoms with E-state index in [-0.39, 0.29) is 17.6 Å². The van der Waals surface area contributed by atoms with Gasteiger partial charge in [0.1, 0.15) is 5.82 Å². The van der Waals surface area contributed by atoms with Gasteiger partial charge in [0.2, 0.25) is 5.91 Å². The Balaban J connectivity index is 1.39. The topological polar surface area (TPSA) is 42.0 Å². The van der Waals surface area contributed by atoms with Crippen LogP contribution in [0.3, 0.4) is 0 Å². The van der Waals surface area contributed by atoms with E-state index in [2.05, 4.69) is 34.6 Å². The largest absolute Gasteiger partial charge is 0.326 e. The number of rotatable bonds is 4. The number of benzene rings is 2. The number of carbonyl (C=O) groups excluding carboxylic acids is 1. The third-order valence-electron chi connectivity index (χ3n) is 6.13. The molecule has 1 aliphatic carbocycles. The van der Waals surface area contributed by atoms with Gasteiger partial charge in [-0.05, 0) is 79.5 Å². The van der Waals surface area contributed by atoms with Crippen LogP contribution in [0.25, 0.3) is 10.9 Å². The molecule has 1 fully saturated rings. The van der Waals surface area contributed by atoms with Gasteiger partial charge in [-0.1, -0.05) is 25.1 Å². The van der Waals surface area contributed by atoms with Gasteiger partial charge in [0.25, 0.3) is 0 Å². The number of carbonyl (C=O) groups is 1. The number of amides is 1. The maximum Gasteiger partial charge on any atom is 0.227 e. The minimum Gasteiger partial charge on any atom is -0.326 e. The van der Waals surface area contributed by atoms with E-state index in [0.717, 1.165) is 31.2 Å². The van der Waals surface area contributed by atoms with Crippen molar-refractivity contribution in [3.63, 3.8) is 0 Å². The molecule has 0 saturated heterocycles. The van der Waals surface area contributed by atoms with Gasteiger partial charge in [0, 0.05) is 23.2 Å². The fourth-order valence-corrected chi connectivity index (χ4v) is 4.41. The van der Waals surface area contributed by atoms with Crippen LogP contribution in [0.1, 0.15) is 44.1 Å². The van der Waals surface area contributed by atoms with Gasteiger partial charge in [0.05, 0.1) is 5.52 Å². The van der Waals surface area contributed by atoms with Crippen molar-refractivity contribution in [2.45, 2.75) is 38.5 Å². The first-order valence-corrected chi connectivity index (χ1v) is 10.0. The highest BCUT2D eigenvalue weighted by molar-refractivity contribution is 5.92. The van der Waals surface area contributed by atoms with Crippen LogP contribution < -0.4 is 5.32 Å². The van der Waals surface area contributed by atoms with Crippen molar-refractivity contribution < 1.29 is 9.18 Å². The van der Waals surface area contributed by atoms with Gasteiger partial charge in [-0.3, -0.25) is 9.78 Å². The van der Waals surface area contributed by atoms with E-state index in [0.29, 0.717) is 17.5 Å². The lowest BCUT2D eigenvalue weighted by atomic mass is 9.73. The third-order valence-corrected chi connectivity index (χ3v) is 6.13. The van der Waals surface area contributed by atoms with E-state index < -0.39 is 0 Å². The number of hydrogen-bond donors (Lipinski definition) is 1. The van der Waals surface area contributed by atoms with Crippen molar-refractivity contribution in [1.29, 1.82) is 0 Å². The molecule has 4 heteroatoms. The average Bonchev–Trinajstić information content (AvgIpc) is 2.74. The molecule has 0 radical (unpaired) electrons. The van der Waals surface area contributed by atoms with Crippen LogP contribution in [0.5, 0.6) is 0 Å². The summed E-state index contributed by atoms with van der Waals surface area (Å²) >= 11 is 0. The fraction of sp³-hybridized carbons (Fsp3) is 0.333. The van der Waals surface area contributed by atoms with Crippen LogP contribution >= 0.6 is 0 Å². The van der Waals surface area contributed by atoms with E-state index in [1.165, 1.54) is 23.1 Å². The summed E-state index contributed by atoms with van der Waals surface area (Å²) in [6.07, 6.45) is 6.17. The van der Waals surface area contributed by atoms with E-state index in [1.54, 1.807) is 12.1 Å². The quantitative estimate of drug-likeness (QED) is 0.614. The van der Waals surface area contributed by atoms with Crippen molar-refractivity contribution in [2.75, 3.05) is 5.32 Å². The molecule has 0 bridgehead atoms. The Labute approximate surface area is 165 Å². The molecular weight excluding hydrogens is 351 g/mol. The lowest BCUT2D eigenvalue weighted by Crippen LogP contribution is -2.29. The second kappa shape index (κ2) is 8.09. The Bertz CT molecular complexity index is 957. The smallest absolute Gasteiger partial charge is 0.227 e. The van der Waals surface area contributed by atoms with Crippen molar-refractivity contribution in [3.05, 3.63) is 72.2 Å². The van der Waals surface area contributed by atoms with Gasteiger partial charge in [-0.25, -0.2) is 4.39 Å². The molecule has 1 atom stereocenters. The van der Waals surface area contributed by atoms with E-state index >= 15 is 0 Å². The first-order chi connectivity index (χ1) is 13.6. The fourth-order valence-electron chi connectivity index (χ4n) is 4.41. The number of para-hydroxylation sites is 1. The zero-order valence-corrected chi connectivity index (χ0v) is 16.1. The number of pyridine rings is 1. The van der Waals surface area contributed by atoms with Gasteiger partial charge >= 0.3 is 0 Å². The Morgan fingerprint density at radius 3 is 2.50 bits per heavy atom. The first-order valence-electron chi connectivity index (χ1n) is 10.0. The lowest BCUT2D eigenvalue weighted by Gasteiger charge is -2.32. The highest BCUT2D eigenvalue weighted by atomic mass is 19.1. The molecule has 1 aromatic heterocycles. The summed E-state index contributed by atoms with van der Waals surface area (Å²) in [6.45, 7) is 2.01. The van der Waals surface area contributed by atoms with Gasteiger partial charge in [-0.15, -0.1) is 0 Å². The predicted molar refractivity (Wildman–Crippen MR) is 111 cm³/mol. The zero-order chi connectivity index (χ0) is 19.5.